The highest BCUT2D eigenvalue weighted by Gasteiger charge is 2.16. The first-order valence-electron chi connectivity index (χ1n) is 12.3. The second-order valence-corrected chi connectivity index (χ2v) is 7.67. The van der Waals surface area contributed by atoms with E-state index in [-0.39, 0.29) is 18.3 Å². The lowest BCUT2D eigenvalue weighted by atomic mass is 10.3. The van der Waals surface area contributed by atoms with Gasteiger partial charge in [-0.25, -0.2) is 0 Å². The molecule has 0 aromatic heterocycles. The predicted octanol–water partition coefficient (Wildman–Crippen LogP) is 0.440. The average molecular weight is 531 g/mol. The van der Waals surface area contributed by atoms with Crippen LogP contribution in [0.4, 0.5) is 0 Å². The third-order valence-electron chi connectivity index (χ3n) is 4.61. The van der Waals surface area contributed by atoms with Gasteiger partial charge in [-0.1, -0.05) is 0 Å². The molecule has 0 heterocycles. The monoisotopic (exact) mass is 530 g/mol. The van der Waals surface area contributed by atoms with E-state index in [0.717, 1.165) is 0 Å². The van der Waals surface area contributed by atoms with Gasteiger partial charge in [0.25, 0.3) is 0 Å². The summed E-state index contributed by atoms with van der Waals surface area (Å²) < 4.78 is 65.7. The summed E-state index contributed by atoms with van der Waals surface area (Å²) in [7, 11) is 8.15. The standard InChI is InChI=1S/C24H50O12/c1-25-6-11-30-16-22(34-13-8-27-3)18-32-20-24(36-15-10-29-5)21-33-19-23(35-14-9-28-4)17-31-12-7-26-2/h22-24H,6-21H2,1-5H3. The van der Waals surface area contributed by atoms with Gasteiger partial charge in [-0.15, -0.1) is 0 Å². The first-order valence-corrected chi connectivity index (χ1v) is 12.3. The van der Waals surface area contributed by atoms with Crippen LogP contribution in [0.1, 0.15) is 0 Å². The zero-order chi connectivity index (χ0) is 26.5. The van der Waals surface area contributed by atoms with Crippen LogP contribution in [0.15, 0.2) is 0 Å². The Morgan fingerprint density at radius 1 is 0.306 bits per heavy atom. The molecular formula is C24H50O12. The lowest BCUT2D eigenvalue weighted by Gasteiger charge is -2.23. The minimum Gasteiger partial charge on any atom is -0.382 e. The molecule has 0 saturated carbocycles. The van der Waals surface area contributed by atoms with Crippen molar-refractivity contribution in [3.05, 3.63) is 0 Å². The Labute approximate surface area is 216 Å². The second kappa shape index (κ2) is 29.1. The Balaban J connectivity index is 4.58. The molecule has 2 unspecified atom stereocenters. The number of ether oxygens (including phenoxy) is 12. The van der Waals surface area contributed by atoms with Crippen LogP contribution in [0.3, 0.4) is 0 Å². The van der Waals surface area contributed by atoms with E-state index in [1.807, 2.05) is 0 Å². The number of hydrogen-bond donors (Lipinski definition) is 0. The Morgan fingerprint density at radius 3 is 0.833 bits per heavy atom. The SMILES string of the molecule is COCCOCC(COCC(COCC(COCCOC)OCCOC)OCCOC)OCCOC. The maximum absolute atomic E-state index is 5.90. The van der Waals surface area contributed by atoms with Gasteiger partial charge in [0, 0.05) is 35.5 Å². The van der Waals surface area contributed by atoms with Crippen LogP contribution in [0, 0.1) is 0 Å². The largest absolute Gasteiger partial charge is 0.382 e. The Kier molecular flexibility index (Phi) is 28.7. The molecule has 0 saturated heterocycles. The van der Waals surface area contributed by atoms with E-state index in [4.69, 9.17) is 56.8 Å². The molecule has 2 atom stereocenters. The molecule has 0 bridgehead atoms. The first-order chi connectivity index (χ1) is 17.7. The van der Waals surface area contributed by atoms with E-state index in [1.54, 1.807) is 35.5 Å². The molecule has 0 amide bonds. The van der Waals surface area contributed by atoms with Gasteiger partial charge in [0.1, 0.15) is 18.3 Å². The molecule has 0 aromatic rings. The number of rotatable bonds is 30. The molecular weight excluding hydrogens is 480 g/mol. The fraction of sp³-hybridized carbons (Fsp3) is 1.00. The highest BCUT2D eigenvalue weighted by molar-refractivity contribution is 4.62. The summed E-state index contributed by atoms with van der Waals surface area (Å²) in [4.78, 5) is 0. The van der Waals surface area contributed by atoms with Gasteiger partial charge in [0.05, 0.1) is 106 Å². The molecule has 0 spiro atoms. The summed E-state index contributed by atoms with van der Waals surface area (Å²) in [6, 6.07) is 0. The van der Waals surface area contributed by atoms with Gasteiger partial charge in [0.2, 0.25) is 0 Å². The van der Waals surface area contributed by atoms with Crippen molar-refractivity contribution in [1.82, 2.24) is 0 Å². The number of methoxy groups -OCH3 is 5. The van der Waals surface area contributed by atoms with Crippen LogP contribution in [0.5, 0.6) is 0 Å². The topological polar surface area (TPSA) is 111 Å². The summed E-state index contributed by atoms with van der Waals surface area (Å²) in [5, 5.41) is 0. The van der Waals surface area contributed by atoms with Gasteiger partial charge in [-0.05, 0) is 0 Å². The third-order valence-corrected chi connectivity index (χ3v) is 4.61. The van der Waals surface area contributed by atoms with E-state index >= 15 is 0 Å². The van der Waals surface area contributed by atoms with Crippen molar-refractivity contribution in [2.45, 2.75) is 18.3 Å². The maximum Gasteiger partial charge on any atom is 0.104 e. The summed E-state index contributed by atoms with van der Waals surface area (Å²) in [5.41, 5.74) is 0. The summed E-state index contributed by atoms with van der Waals surface area (Å²) in [5.74, 6) is 0. The van der Waals surface area contributed by atoms with Crippen molar-refractivity contribution in [3.63, 3.8) is 0 Å². The van der Waals surface area contributed by atoms with Crippen LogP contribution in [-0.2, 0) is 56.8 Å². The van der Waals surface area contributed by atoms with Crippen LogP contribution < -0.4 is 0 Å². The summed E-state index contributed by atoms with van der Waals surface area (Å²) in [6.45, 7) is 6.92. The Morgan fingerprint density at radius 2 is 0.556 bits per heavy atom. The van der Waals surface area contributed by atoms with Crippen molar-refractivity contribution < 1.29 is 56.8 Å². The molecule has 0 aromatic carbocycles. The van der Waals surface area contributed by atoms with Crippen molar-refractivity contribution in [2.24, 2.45) is 0 Å². The molecule has 0 aliphatic heterocycles. The molecule has 0 radical (unpaired) electrons. The minimum atomic E-state index is -0.289. The Bertz CT molecular complexity index is 387. The van der Waals surface area contributed by atoms with Crippen molar-refractivity contribution in [1.29, 1.82) is 0 Å². The Hall–Kier alpha value is -0.480. The molecule has 12 nitrogen and oxygen atoms in total. The van der Waals surface area contributed by atoms with E-state index in [9.17, 15) is 0 Å². The molecule has 0 aliphatic rings. The van der Waals surface area contributed by atoms with Crippen LogP contribution >= 0.6 is 0 Å². The van der Waals surface area contributed by atoms with Gasteiger partial charge < -0.3 is 56.8 Å². The highest BCUT2D eigenvalue weighted by atomic mass is 16.6. The average Bonchev–Trinajstić information content (AvgIpc) is 2.88. The van der Waals surface area contributed by atoms with Crippen molar-refractivity contribution in [2.75, 3.05) is 141 Å². The molecule has 36 heavy (non-hydrogen) atoms. The van der Waals surface area contributed by atoms with Crippen molar-refractivity contribution in [3.8, 4) is 0 Å². The van der Waals surface area contributed by atoms with Crippen molar-refractivity contribution >= 4 is 0 Å². The molecule has 12 heteroatoms. The fourth-order valence-corrected chi connectivity index (χ4v) is 2.70. The predicted molar refractivity (Wildman–Crippen MR) is 132 cm³/mol. The second-order valence-electron chi connectivity index (χ2n) is 7.67. The summed E-state index contributed by atoms with van der Waals surface area (Å²) in [6.07, 6.45) is -0.760. The number of hydrogen-bond acceptors (Lipinski definition) is 12. The molecule has 0 fully saturated rings. The molecule has 218 valence electrons. The zero-order valence-electron chi connectivity index (χ0n) is 22.9. The lowest BCUT2D eigenvalue weighted by Crippen LogP contribution is -2.34. The molecule has 0 aliphatic carbocycles. The van der Waals surface area contributed by atoms with Crippen LogP contribution in [-0.4, -0.2) is 160 Å². The van der Waals surface area contributed by atoms with Gasteiger partial charge >= 0.3 is 0 Å². The smallest absolute Gasteiger partial charge is 0.104 e. The highest BCUT2D eigenvalue weighted by Crippen LogP contribution is 2.03. The van der Waals surface area contributed by atoms with Gasteiger partial charge in [-0.2, -0.15) is 0 Å². The lowest BCUT2D eigenvalue weighted by molar-refractivity contribution is -0.117. The maximum atomic E-state index is 5.90. The minimum absolute atomic E-state index is 0.236. The quantitative estimate of drug-likeness (QED) is 0.120. The van der Waals surface area contributed by atoms with E-state index in [1.165, 1.54) is 0 Å². The third kappa shape index (κ3) is 23.9. The van der Waals surface area contributed by atoms with E-state index < -0.39 is 0 Å². The molecule has 0 rings (SSSR count). The fourth-order valence-electron chi connectivity index (χ4n) is 2.70. The molecule has 0 N–H and O–H groups in total. The van der Waals surface area contributed by atoms with E-state index in [2.05, 4.69) is 0 Å². The summed E-state index contributed by atoms with van der Waals surface area (Å²) >= 11 is 0. The normalized spacial score (nSPS) is 14.2. The van der Waals surface area contributed by atoms with Gasteiger partial charge in [0.15, 0.2) is 0 Å². The van der Waals surface area contributed by atoms with Crippen LogP contribution in [0.2, 0.25) is 0 Å². The van der Waals surface area contributed by atoms with Crippen LogP contribution in [0.25, 0.3) is 0 Å². The van der Waals surface area contributed by atoms with Gasteiger partial charge in [-0.3, -0.25) is 0 Å². The van der Waals surface area contributed by atoms with E-state index in [0.29, 0.717) is 106 Å². The first kappa shape index (κ1) is 35.5. The zero-order valence-corrected chi connectivity index (χ0v) is 22.9.